The average Bonchev–Trinajstić information content (AvgIpc) is 2.48. The Balaban J connectivity index is 2.96. The SMILES string of the molecule is CC=C(C#N)c1ccc(OCOCCOC)c(C(C)(C)C)c1. The molecule has 4 heteroatoms. The third-order valence-electron chi connectivity index (χ3n) is 3.24. The summed E-state index contributed by atoms with van der Waals surface area (Å²) in [5, 5.41) is 9.18. The van der Waals surface area contributed by atoms with Crippen LogP contribution in [0.25, 0.3) is 5.57 Å². The molecule has 120 valence electrons. The molecular weight excluding hydrogens is 278 g/mol. The molecule has 0 bridgehead atoms. The lowest BCUT2D eigenvalue weighted by Crippen LogP contribution is -2.15. The Morgan fingerprint density at radius 3 is 2.55 bits per heavy atom. The van der Waals surface area contributed by atoms with E-state index in [0.29, 0.717) is 18.8 Å². The Labute approximate surface area is 133 Å². The number of ether oxygens (including phenoxy) is 3. The van der Waals surface area contributed by atoms with E-state index in [1.807, 2.05) is 31.2 Å². The molecule has 1 aromatic rings. The van der Waals surface area contributed by atoms with E-state index < -0.39 is 0 Å². The Morgan fingerprint density at radius 2 is 2.00 bits per heavy atom. The minimum atomic E-state index is -0.0911. The predicted octanol–water partition coefficient (Wildman–Crippen LogP) is 3.91. The zero-order valence-corrected chi connectivity index (χ0v) is 14.1. The minimum absolute atomic E-state index is 0.0911. The number of nitrogens with zero attached hydrogens (tertiary/aromatic N) is 1. The van der Waals surface area contributed by atoms with Crippen molar-refractivity contribution in [3.8, 4) is 11.8 Å². The highest BCUT2D eigenvalue weighted by Crippen LogP contribution is 2.33. The Morgan fingerprint density at radius 1 is 1.27 bits per heavy atom. The minimum Gasteiger partial charge on any atom is -0.467 e. The molecule has 0 heterocycles. The first-order valence-corrected chi connectivity index (χ1v) is 7.34. The second kappa shape index (κ2) is 8.57. The number of rotatable bonds is 7. The Bertz CT molecular complexity index is 550. The van der Waals surface area contributed by atoms with Gasteiger partial charge in [0.2, 0.25) is 0 Å². The highest BCUT2D eigenvalue weighted by molar-refractivity contribution is 5.77. The van der Waals surface area contributed by atoms with Crippen molar-refractivity contribution >= 4 is 5.57 Å². The second-order valence-corrected chi connectivity index (χ2v) is 5.94. The molecule has 0 amide bonds. The third-order valence-corrected chi connectivity index (χ3v) is 3.24. The second-order valence-electron chi connectivity index (χ2n) is 5.94. The van der Waals surface area contributed by atoms with E-state index >= 15 is 0 Å². The molecule has 0 fully saturated rings. The fraction of sp³-hybridized carbons (Fsp3) is 0.500. The Kier molecular flexibility index (Phi) is 7.10. The van der Waals surface area contributed by atoms with Gasteiger partial charge in [-0.1, -0.05) is 26.8 Å². The summed E-state index contributed by atoms with van der Waals surface area (Å²) in [6.07, 6.45) is 1.82. The van der Waals surface area contributed by atoms with E-state index in [1.54, 1.807) is 7.11 Å². The lowest BCUT2D eigenvalue weighted by Gasteiger charge is -2.23. The van der Waals surface area contributed by atoms with Gasteiger partial charge >= 0.3 is 0 Å². The topological polar surface area (TPSA) is 51.5 Å². The summed E-state index contributed by atoms with van der Waals surface area (Å²) in [6.45, 7) is 9.44. The molecule has 0 saturated carbocycles. The smallest absolute Gasteiger partial charge is 0.189 e. The molecule has 0 saturated heterocycles. The van der Waals surface area contributed by atoms with Gasteiger partial charge in [-0.3, -0.25) is 0 Å². The van der Waals surface area contributed by atoms with E-state index in [2.05, 4.69) is 26.8 Å². The number of hydrogen-bond acceptors (Lipinski definition) is 4. The monoisotopic (exact) mass is 303 g/mol. The van der Waals surface area contributed by atoms with Crippen molar-refractivity contribution in [1.82, 2.24) is 0 Å². The van der Waals surface area contributed by atoms with E-state index in [9.17, 15) is 5.26 Å². The predicted molar refractivity (Wildman–Crippen MR) is 87.7 cm³/mol. The molecule has 0 atom stereocenters. The highest BCUT2D eigenvalue weighted by atomic mass is 16.7. The van der Waals surface area contributed by atoms with E-state index in [0.717, 1.165) is 16.9 Å². The molecule has 1 aromatic carbocycles. The van der Waals surface area contributed by atoms with Gasteiger partial charge in [0, 0.05) is 12.7 Å². The fourth-order valence-electron chi connectivity index (χ4n) is 2.01. The largest absolute Gasteiger partial charge is 0.467 e. The van der Waals surface area contributed by atoms with Crippen LogP contribution < -0.4 is 4.74 Å². The van der Waals surface area contributed by atoms with Crippen LogP contribution in [0.4, 0.5) is 0 Å². The van der Waals surface area contributed by atoms with Gasteiger partial charge in [0.15, 0.2) is 6.79 Å². The molecule has 0 aliphatic carbocycles. The number of benzene rings is 1. The lowest BCUT2D eigenvalue weighted by atomic mass is 9.84. The van der Waals surface area contributed by atoms with Crippen molar-refractivity contribution in [3.05, 3.63) is 35.4 Å². The lowest BCUT2D eigenvalue weighted by molar-refractivity contribution is -0.00918. The third kappa shape index (κ3) is 5.18. The molecule has 1 rings (SSSR count). The van der Waals surface area contributed by atoms with Gasteiger partial charge in [-0.25, -0.2) is 0 Å². The van der Waals surface area contributed by atoms with Crippen LogP contribution in [0.2, 0.25) is 0 Å². The summed E-state index contributed by atoms with van der Waals surface area (Å²) in [5.74, 6) is 0.780. The van der Waals surface area contributed by atoms with Crippen molar-refractivity contribution in [1.29, 1.82) is 5.26 Å². The van der Waals surface area contributed by atoms with Gasteiger partial charge < -0.3 is 14.2 Å². The maximum Gasteiger partial charge on any atom is 0.189 e. The summed E-state index contributed by atoms with van der Waals surface area (Å²) in [4.78, 5) is 0. The quantitative estimate of drug-likeness (QED) is 0.435. The van der Waals surface area contributed by atoms with E-state index in [4.69, 9.17) is 14.2 Å². The van der Waals surface area contributed by atoms with Gasteiger partial charge in [-0.2, -0.15) is 5.26 Å². The van der Waals surface area contributed by atoms with Crippen LogP contribution in [-0.2, 0) is 14.9 Å². The number of hydrogen-bond donors (Lipinski definition) is 0. The van der Waals surface area contributed by atoms with Crippen molar-refractivity contribution < 1.29 is 14.2 Å². The first-order chi connectivity index (χ1) is 10.4. The number of nitriles is 1. The van der Waals surface area contributed by atoms with Gasteiger partial charge in [0.1, 0.15) is 5.75 Å². The van der Waals surface area contributed by atoms with Crippen molar-refractivity contribution in [2.24, 2.45) is 0 Å². The zero-order chi connectivity index (χ0) is 16.6. The molecule has 0 aliphatic heterocycles. The van der Waals surface area contributed by atoms with Crippen LogP contribution in [-0.4, -0.2) is 27.1 Å². The van der Waals surface area contributed by atoms with Crippen LogP contribution >= 0.6 is 0 Å². The molecule has 22 heavy (non-hydrogen) atoms. The highest BCUT2D eigenvalue weighted by Gasteiger charge is 2.20. The summed E-state index contributed by atoms with van der Waals surface area (Å²) in [5.41, 5.74) is 2.53. The van der Waals surface area contributed by atoms with Crippen molar-refractivity contribution in [3.63, 3.8) is 0 Å². The fourth-order valence-corrected chi connectivity index (χ4v) is 2.01. The van der Waals surface area contributed by atoms with Crippen LogP contribution in [0, 0.1) is 11.3 Å². The standard InChI is InChI=1S/C18H25NO3/c1-6-14(12-19)15-7-8-17(16(11-15)18(2,3)4)22-13-21-10-9-20-5/h6-8,11H,9-10,13H2,1-5H3. The molecule has 0 N–H and O–H groups in total. The summed E-state index contributed by atoms with van der Waals surface area (Å²) in [6, 6.07) is 8.03. The number of methoxy groups -OCH3 is 1. The maximum absolute atomic E-state index is 9.18. The van der Waals surface area contributed by atoms with Crippen LogP contribution in [0.15, 0.2) is 24.3 Å². The van der Waals surface area contributed by atoms with E-state index in [1.165, 1.54) is 0 Å². The Hall–Kier alpha value is -1.83. The zero-order valence-electron chi connectivity index (χ0n) is 14.1. The van der Waals surface area contributed by atoms with E-state index in [-0.39, 0.29) is 12.2 Å². The van der Waals surface area contributed by atoms with Crippen molar-refractivity contribution in [2.45, 2.75) is 33.1 Å². The molecular formula is C18H25NO3. The molecule has 4 nitrogen and oxygen atoms in total. The van der Waals surface area contributed by atoms with Gasteiger partial charge in [-0.05, 0) is 36.1 Å². The number of allylic oxidation sites excluding steroid dienone is 2. The average molecular weight is 303 g/mol. The van der Waals surface area contributed by atoms with Crippen LogP contribution in [0.1, 0.15) is 38.8 Å². The summed E-state index contributed by atoms with van der Waals surface area (Å²) in [7, 11) is 1.63. The first-order valence-electron chi connectivity index (χ1n) is 7.34. The van der Waals surface area contributed by atoms with Gasteiger partial charge in [0.25, 0.3) is 0 Å². The molecule has 0 spiro atoms. The summed E-state index contributed by atoms with van der Waals surface area (Å²) < 4.78 is 16.0. The van der Waals surface area contributed by atoms with Gasteiger partial charge in [0.05, 0.1) is 24.9 Å². The first kappa shape index (κ1) is 18.2. The molecule has 0 aromatic heterocycles. The summed E-state index contributed by atoms with van der Waals surface area (Å²) >= 11 is 0. The van der Waals surface area contributed by atoms with Gasteiger partial charge in [-0.15, -0.1) is 0 Å². The molecule has 0 unspecified atom stereocenters. The molecule has 0 radical (unpaired) electrons. The van der Waals surface area contributed by atoms with Crippen molar-refractivity contribution in [2.75, 3.05) is 27.1 Å². The maximum atomic E-state index is 9.18. The normalized spacial score (nSPS) is 12.1. The van der Waals surface area contributed by atoms with Crippen LogP contribution in [0.5, 0.6) is 5.75 Å². The van der Waals surface area contributed by atoms with Crippen LogP contribution in [0.3, 0.4) is 0 Å². The molecule has 0 aliphatic rings.